The summed E-state index contributed by atoms with van der Waals surface area (Å²) < 4.78 is 2.20. The van der Waals surface area contributed by atoms with E-state index in [2.05, 4.69) is 60.3 Å². The predicted molar refractivity (Wildman–Crippen MR) is 130 cm³/mol. The van der Waals surface area contributed by atoms with Gasteiger partial charge in [0.25, 0.3) is 0 Å². The molecule has 3 aromatic rings. The zero-order valence-electron chi connectivity index (χ0n) is 18.1. The first-order valence-electron chi connectivity index (χ1n) is 10.7. The molecule has 0 aliphatic heterocycles. The minimum atomic E-state index is -0.177. The van der Waals surface area contributed by atoms with Crippen LogP contribution in [0.5, 0.6) is 0 Å². The number of amides is 2. The van der Waals surface area contributed by atoms with Crippen LogP contribution in [-0.2, 0) is 13.1 Å². The Morgan fingerprint density at radius 3 is 2.65 bits per heavy atom. The number of nitrogens with zero attached hydrogens (tertiary/aromatic N) is 2. The molecule has 0 spiro atoms. The van der Waals surface area contributed by atoms with Gasteiger partial charge in [-0.1, -0.05) is 78.9 Å². The number of carbonyl (C=O) groups is 1. The van der Waals surface area contributed by atoms with Gasteiger partial charge >= 0.3 is 6.03 Å². The summed E-state index contributed by atoms with van der Waals surface area (Å²) in [4.78, 5) is 15.0. The van der Waals surface area contributed by atoms with Gasteiger partial charge in [0.15, 0.2) is 0 Å². The molecule has 4 nitrogen and oxygen atoms in total. The molecule has 2 amide bonds. The summed E-state index contributed by atoms with van der Waals surface area (Å²) in [5, 5.41) is 3.70. The Bertz CT molecular complexity index is 1020. The highest BCUT2D eigenvalue weighted by molar-refractivity contribution is 6.43. The molecule has 1 aromatic heterocycles. The second-order valence-corrected chi connectivity index (χ2v) is 8.56. The van der Waals surface area contributed by atoms with E-state index < -0.39 is 0 Å². The van der Waals surface area contributed by atoms with Crippen molar-refractivity contribution in [3.8, 4) is 0 Å². The van der Waals surface area contributed by atoms with Crippen LogP contribution in [0.25, 0.3) is 0 Å². The van der Waals surface area contributed by atoms with Crippen LogP contribution in [0, 0.1) is 6.92 Å². The number of urea groups is 1. The van der Waals surface area contributed by atoms with Crippen molar-refractivity contribution < 1.29 is 4.79 Å². The summed E-state index contributed by atoms with van der Waals surface area (Å²) in [7, 11) is 0. The number of anilines is 1. The fourth-order valence-electron chi connectivity index (χ4n) is 3.55. The molecule has 0 fully saturated rings. The van der Waals surface area contributed by atoms with Crippen molar-refractivity contribution in [2.45, 2.75) is 46.2 Å². The third-order valence-corrected chi connectivity index (χ3v) is 6.04. The van der Waals surface area contributed by atoms with E-state index in [1.54, 1.807) is 18.2 Å². The number of unbranched alkanes of at least 4 members (excludes halogenated alkanes) is 2. The normalized spacial score (nSPS) is 10.8. The average Bonchev–Trinajstić information content (AvgIpc) is 3.17. The van der Waals surface area contributed by atoms with Crippen molar-refractivity contribution in [1.82, 2.24) is 9.47 Å². The van der Waals surface area contributed by atoms with Gasteiger partial charge in [0.1, 0.15) is 0 Å². The first-order valence-corrected chi connectivity index (χ1v) is 11.4. The van der Waals surface area contributed by atoms with E-state index >= 15 is 0 Å². The SMILES string of the molecule is CCCCCN(Cc1cccn1Cc1cccc(C)c1)C(=O)Nc1cccc(Cl)c1Cl. The third-order valence-electron chi connectivity index (χ3n) is 5.22. The summed E-state index contributed by atoms with van der Waals surface area (Å²) in [6.45, 7) is 6.22. The van der Waals surface area contributed by atoms with Gasteiger partial charge in [0.2, 0.25) is 0 Å². The van der Waals surface area contributed by atoms with Crippen LogP contribution in [0.2, 0.25) is 10.0 Å². The number of aryl methyl sites for hydroxylation is 1. The lowest BCUT2D eigenvalue weighted by Crippen LogP contribution is -2.36. The molecule has 0 bridgehead atoms. The van der Waals surface area contributed by atoms with E-state index in [1.807, 2.05) is 11.0 Å². The molecular formula is C25H29Cl2N3O. The monoisotopic (exact) mass is 457 g/mol. The largest absolute Gasteiger partial charge is 0.345 e. The molecule has 0 aliphatic rings. The Hall–Kier alpha value is -2.43. The van der Waals surface area contributed by atoms with Crippen LogP contribution in [-0.4, -0.2) is 22.0 Å². The Labute approximate surface area is 194 Å². The molecule has 0 saturated heterocycles. The molecule has 3 rings (SSSR count). The van der Waals surface area contributed by atoms with Gasteiger partial charge in [0, 0.05) is 25.0 Å². The number of halogens is 2. The maximum absolute atomic E-state index is 13.1. The van der Waals surface area contributed by atoms with Crippen molar-refractivity contribution in [3.63, 3.8) is 0 Å². The number of aromatic nitrogens is 1. The van der Waals surface area contributed by atoms with Gasteiger partial charge < -0.3 is 14.8 Å². The topological polar surface area (TPSA) is 37.3 Å². The summed E-state index contributed by atoms with van der Waals surface area (Å²) in [5.74, 6) is 0. The van der Waals surface area contributed by atoms with E-state index in [-0.39, 0.29) is 6.03 Å². The van der Waals surface area contributed by atoms with E-state index in [4.69, 9.17) is 23.2 Å². The standard InChI is InChI=1S/C25H29Cl2N3O/c1-3-4-5-14-30(25(31)28-23-13-7-12-22(26)24(23)27)18-21-11-8-15-29(21)17-20-10-6-9-19(2)16-20/h6-13,15-16H,3-5,14,17-18H2,1-2H3,(H,28,31). The maximum Gasteiger partial charge on any atom is 0.322 e. The van der Waals surface area contributed by atoms with Gasteiger partial charge in [-0.2, -0.15) is 0 Å². The zero-order chi connectivity index (χ0) is 22.2. The lowest BCUT2D eigenvalue weighted by Gasteiger charge is -2.24. The van der Waals surface area contributed by atoms with Crippen molar-refractivity contribution in [1.29, 1.82) is 0 Å². The highest BCUT2D eigenvalue weighted by Gasteiger charge is 2.17. The van der Waals surface area contributed by atoms with E-state index in [0.29, 0.717) is 28.8 Å². The number of rotatable bonds is 9. The van der Waals surface area contributed by atoms with Gasteiger partial charge in [-0.3, -0.25) is 0 Å². The molecule has 31 heavy (non-hydrogen) atoms. The predicted octanol–water partition coefficient (Wildman–Crippen LogP) is 7.38. The molecule has 0 saturated carbocycles. The number of hydrogen-bond acceptors (Lipinski definition) is 1. The molecule has 6 heteroatoms. The first-order chi connectivity index (χ1) is 15.0. The Kier molecular flexibility index (Phi) is 8.44. The van der Waals surface area contributed by atoms with Gasteiger partial charge in [-0.15, -0.1) is 0 Å². The van der Waals surface area contributed by atoms with Gasteiger partial charge in [-0.25, -0.2) is 4.79 Å². The molecule has 1 heterocycles. The lowest BCUT2D eigenvalue weighted by molar-refractivity contribution is 0.206. The number of benzene rings is 2. The van der Waals surface area contributed by atoms with E-state index in [0.717, 1.165) is 31.5 Å². The molecule has 0 unspecified atom stereocenters. The van der Waals surface area contributed by atoms with Crippen molar-refractivity contribution in [2.75, 3.05) is 11.9 Å². The van der Waals surface area contributed by atoms with Crippen molar-refractivity contribution in [3.05, 3.63) is 87.7 Å². The van der Waals surface area contributed by atoms with E-state index in [9.17, 15) is 4.79 Å². The summed E-state index contributed by atoms with van der Waals surface area (Å²) >= 11 is 12.4. The Morgan fingerprint density at radius 1 is 1.06 bits per heavy atom. The molecule has 0 atom stereocenters. The summed E-state index contributed by atoms with van der Waals surface area (Å²) in [5.41, 5.74) is 4.09. The van der Waals surface area contributed by atoms with Gasteiger partial charge in [-0.05, 0) is 43.2 Å². The second kappa shape index (κ2) is 11.3. The maximum atomic E-state index is 13.1. The van der Waals surface area contributed by atoms with Crippen LogP contribution in [0.4, 0.5) is 10.5 Å². The minimum Gasteiger partial charge on any atom is -0.345 e. The fourth-order valence-corrected chi connectivity index (χ4v) is 3.90. The van der Waals surface area contributed by atoms with Gasteiger partial charge in [0.05, 0.1) is 22.3 Å². The van der Waals surface area contributed by atoms with Crippen LogP contribution >= 0.6 is 23.2 Å². The molecule has 0 radical (unpaired) electrons. The second-order valence-electron chi connectivity index (χ2n) is 7.78. The highest BCUT2D eigenvalue weighted by Crippen LogP contribution is 2.29. The Morgan fingerprint density at radius 2 is 1.87 bits per heavy atom. The zero-order valence-corrected chi connectivity index (χ0v) is 19.6. The van der Waals surface area contributed by atoms with E-state index in [1.165, 1.54) is 11.1 Å². The summed E-state index contributed by atoms with van der Waals surface area (Å²) in [6, 6.07) is 17.7. The first kappa shape index (κ1) is 23.2. The van der Waals surface area contributed by atoms with Crippen LogP contribution in [0.15, 0.2) is 60.8 Å². The minimum absolute atomic E-state index is 0.177. The van der Waals surface area contributed by atoms with Crippen molar-refractivity contribution in [2.24, 2.45) is 0 Å². The molecule has 0 aliphatic carbocycles. The fraction of sp³-hybridized carbons (Fsp3) is 0.320. The highest BCUT2D eigenvalue weighted by atomic mass is 35.5. The third kappa shape index (κ3) is 6.52. The quantitative estimate of drug-likeness (QED) is 0.334. The molecular weight excluding hydrogens is 429 g/mol. The van der Waals surface area contributed by atoms with Crippen LogP contribution in [0.1, 0.15) is 43.0 Å². The Balaban J connectivity index is 1.76. The smallest absolute Gasteiger partial charge is 0.322 e. The number of carbonyl (C=O) groups excluding carboxylic acids is 1. The van der Waals surface area contributed by atoms with Crippen molar-refractivity contribution >= 4 is 34.9 Å². The molecule has 2 aromatic carbocycles. The lowest BCUT2D eigenvalue weighted by atomic mass is 10.1. The number of nitrogens with one attached hydrogen (secondary N) is 1. The van der Waals surface area contributed by atoms with Crippen LogP contribution < -0.4 is 5.32 Å². The number of hydrogen-bond donors (Lipinski definition) is 1. The summed E-state index contributed by atoms with van der Waals surface area (Å²) in [6.07, 6.45) is 5.19. The van der Waals surface area contributed by atoms with Crippen LogP contribution in [0.3, 0.4) is 0 Å². The molecule has 1 N–H and O–H groups in total. The average molecular weight is 458 g/mol. The molecule has 164 valence electrons.